The lowest BCUT2D eigenvalue weighted by Crippen LogP contribution is -2.06. The Labute approximate surface area is 201 Å². The van der Waals surface area contributed by atoms with E-state index < -0.39 is 0 Å². The first-order valence-electron chi connectivity index (χ1n) is 10.8. The lowest BCUT2D eigenvalue weighted by Gasteiger charge is -2.08. The van der Waals surface area contributed by atoms with Crippen LogP contribution in [-0.4, -0.2) is 44.0 Å². The van der Waals surface area contributed by atoms with Gasteiger partial charge in [-0.15, -0.1) is 0 Å². The molecule has 3 heterocycles. The zero-order chi connectivity index (χ0) is 23.5. The number of fused-ring (bicyclic) bond motifs is 1. The number of carbonyl (C=O) groups excluding carboxylic acids is 1. The number of ketones is 1. The van der Waals surface area contributed by atoms with Crippen LogP contribution >= 0.6 is 11.6 Å². The number of nitrogens with zero attached hydrogens (tertiary/aromatic N) is 4. The molecule has 0 saturated heterocycles. The van der Waals surface area contributed by atoms with Crippen molar-refractivity contribution >= 4 is 28.4 Å². The van der Waals surface area contributed by atoms with Crippen molar-refractivity contribution in [1.82, 2.24) is 24.5 Å². The van der Waals surface area contributed by atoms with Crippen molar-refractivity contribution < 1.29 is 9.53 Å². The molecular formula is C26H22ClN5O2. The Morgan fingerprint density at radius 3 is 2.65 bits per heavy atom. The van der Waals surface area contributed by atoms with Crippen molar-refractivity contribution in [1.29, 1.82) is 0 Å². The number of carbonyl (C=O) groups is 1. The number of hydrogen-bond donors (Lipinski definition) is 1. The van der Waals surface area contributed by atoms with Crippen molar-refractivity contribution in [3.8, 4) is 22.9 Å². The van der Waals surface area contributed by atoms with Gasteiger partial charge in [-0.25, -0.2) is 9.97 Å². The quantitative estimate of drug-likeness (QED) is 0.314. The molecule has 7 nitrogen and oxygen atoms in total. The van der Waals surface area contributed by atoms with Crippen LogP contribution < -0.4 is 0 Å². The third-order valence-electron chi connectivity index (χ3n) is 5.64. The van der Waals surface area contributed by atoms with Gasteiger partial charge in [0.05, 0.1) is 23.8 Å². The van der Waals surface area contributed by atoms with E-state index in [2.05, 4.69) is 19.5 Å². The number of ether oxygens (including phenoxy) is 1. The number of benzene rings is 2. The monoisotopic (exact) mass is 471 g/mol. The number of H-pyrrole nitrogens is 1. The zero-order valence-corrected chi connectivity index (χ0v) is 19.3. The first-order chi connectivity index (χ1) is 16.6. The third kappa shape index (κ3) is 4.48. The van der Waals surface area contributed by atoms with E-state index in [9.17, 15) is 4.79 Å². The molecule has 0 atom stereocenters. The molecule has 0 saturated carbocycles. The number of nitrogens with one attached hydrogen (secondary N) is 1. The topological polar surface area (TPSA) is 85.7 Å². The summed E-state index contributed by atoms with van der Waals surface area (Å²) >= 11 is 6.01. The van der Waals surface area contributed by atoms with Crippen molar-refractivity contribution in [2.45, 2.75) is 13.0 Å². The zero-order valence-electron chi connectivity index (χ0n) is 18.5. The molecule has 0 unspecified atom stereocenters. The van der Waals surface area contributed by atoms with E-state index in [4.69, 9.17) is 21.3 Å². The summed E-state index contributed by atoms with van der Waals surface area (Å²) < 4.78 is 7.40. The van der Waals surface area contributed by atoms with Crippen LogP contribution in [0.2, 0.25) is 5.02 Å². The summed E-state index contributed by atoms with van der Waals surface area (Å²) in [6, 6.07) is 16.8. The number of pyridine rings is 1. The summed E-state index contributed by atoms with van der Waals surface area (Å²) in [5.74, 6) is 1.50. The van der Waals surface area contributed by atoms with Gasteiger partial charge in [0.15, 0.2) is 11.6 Å². The normalized spacial score (nSPS) is 11.2. The SMILES string of the molecule is COCCn1c(-c2cnc(-c3ccc(Cl)cc3)[nH]2)nc2cc(C(=O)Cc3ccncc3)ccc21. The fourth-order valence-electron chi connectivity index (χ4n) is 3.90. The first-order valence-corrected chi connectivity index (χ1v) is 11.2. The van der Waals surface area contributed by atoms with Gasteiger partial charge in [-0.3, -0.25) is 9.78 Å². The van der Waals surface area contributed by atoms with E-state index in [-0.39, 0.29) is 5.78 Å². The Morgan fingerprint density at radius 2 is 1.88 bits per heavy atom. The predicted molar refractivity (Wildman–Crippen MR) is 132 cm³/mol. The molecule has 0 fully saturated rings. The highest BCUT2D eigenvalue weighted by atomic mass is 35.5. The second kappa shape index (κ2) is 9.59. The minimum Gasteiger partial charge on any atom is -0.383 e. The minimum atomic E-state index is 0.0349. The molecule has 8 heteroatoms. The van der Waals surface area contributed by atoms with Gasteiger partial charge in [0.2, 0.25) is 0 Å². The molecule has 0 aliphatic carbocycles. The average Bonchev–Trinajstić information content (AvgIpc) is 3.48. The first kappa shape index (κ1) is 22.0. The number of hydrogen-bond acceptors (Lipinski definition) is 5. The van der Waals surface area contributed by atoms with Gasteiger partial charge in [0.25, 0.3) is 0 Å². The maximum atomic E-state index is 12.9. The molecule has 34 heavy (non-hydrogen) atoms. The summed E-state index contributed by atoms with van der Waals surface area (Å²) in [5.41, 5.74) is 4.93. The Balaban J connectivity index is 1.51. The van der Waals surface area contributed by atoms with Gasteiger partial charge in [0, 0.05) is 48.6 Å². The lowest BCUT2D eigenvalue weighted by atomic mass is 10.0. The van der Waals surface area contributed by atoms with Crippen LogP contribution in [0, 0.1) is 0 Å². The molecule has 0 aliphatic rings. The molecule has 0 amide bonds. The molecule has 5 aromatic rings. The molecule has 1 N–H and O–H groups in total. The van der Waals surface area contributed by atoms with Gasteiger partial charge >= 0.3 is 0 Å². The van der Waals surface area contributed by atoms with Crippen molar-refractivity contribution in [2.75, 3.05) is 13.7 Å². The van der Waals surface area contributed by atoms with Gasteiger partial charge in [-0.05, 0) is 60.2 Å². The predicted octanol–water partition coefficient (Wildman–Crippen LogP) is 5.21. The average molecular weight is 472 g/mol. The van der Waals surface area contributed by atoms with Crippen LogP contribution in [-0.2, 0) is 17.7 Å². The number of aromatic amines is 1. The van der Waals surface area contributed by atoms with Crippen molar-refractivity contribution in [3.05, 3.63) is 89.3 Å². The molecule has 0 radical (unpaired) electrons. The van der Waals surface area contributed by atoms with E-state index >= 15 is 0 Å². The maximum Gasteiger partial charge on any atom is 0.167 e. The number of imidazole rings is 2. The van der Waals surface area contributed by atoms with Crippen LogP contribution in [0.4, 0.5) is 0 Å². The summed E-state index contributed by atoms with van der Waals surface area (Å²) in [7, 11) is 1.67. The minimum absolute atomic E-state index is 0.0349. The Morgan fingerprint density at radius 1 is 1.09 bits per heavy atom. The van der Waals surface area contributed by atoms with E-state index in [0.29, 0.717) is 30.2 Å². The van der Waals surface area contributed by atoms with E-state index in [1.54, 1.807) is 25.7 Å². The highest BCUT2D eigenvalue weighted by Crippen LogP contribution is 2.27. The Hall–Kier alpha value is -3.81. The fourth-order valence-corrected chi connectivity index (χ4v) is 4.02. The van der Waals surface area contributed by atoms with Crippen LogP contribution in [0.3, 0.4) is 0 Å². The second-order valence-corrected chi connectivity index (χ2v) is 8.33. The maximum absolute atomic E-state index is 12.9. The second-order valence-electron chi connectivity index (χ2n) is 7.89. The summed E-state index contributed by atoms with van der Waals surface area (Å²) in [4.78, 5) is 29.6. The van der Waals surface area contributed by atoms with Crippen LogP contribution in [0.25, 0.3) is 33.9 Å². The fraction of sp³-hybridized carbons (Fsp3) is 0.154. The molecular weight excluding hydrogens is 450 g/mol. The van der Waals surface area contributed by atoms with Crippen LogP contribution in [0.1, 0.15) is 15.9 Å². The summed E-state index contributed by atoms with van der Waals surface area (Å²) in [6.45, 7) is 1.14. The van der Waals surface area contributed by atoms with Crippen LogP contribution in [0.5, 0.6) is 0 Å². The Kier molecular flexibility index (Phi) is 6.20. The van der Waals surface area contributed by atoms with E-state index in [1.807, 2.05) is 54.6 Å². The number of methoxy groups -OCH3 is 1. The summed E-state index contributed by atoms with van der Waals surface area (Å²) in [6.07, 6.45) is 5.47. The molecule has 0 bridgehead atoms. The number of halogens is 1. The Bertz CT molecular complexity index is 1440. The molecule has 0 spiro atoms. The highest BCUT2D eigenvalue weighted by molar-refractivity contribution is 6.30. The number of rotatable bonds is 8. The highest BCUT2D eigenvalue weighted by Gasteiger charge is 2.17. The standard InChI is InChI=1S/C26H22ClN5O2/c1-34-13-12-32-23-7-4-19(24(33)14-17-8-10-28-11-9-17)15-21(23)31-26(32)22-16-29-25(30-22)18-2-5-20(27)6-3-18/h2-11,15-16H,12-14H2,1H3,(H,29,30). The number of aromatic nitrogens is 5. The molecule has 2 aromatic carbocycles. The van der Waals surface area contributed by atoms with Gasteiger partial charge in [-0.2, -0.15) is 0 Å². The molecule has 5 rings (SSSR count). The van der Waals surface area contributed by atoms with E-state index in [1.165, 1.54) is 0 Å². The summed E-state index contributed by atoms with van der Waals surface area (Å²) in [5, 5.41) is 0.672. The van der Waals surface area contributed by atoms with Crippen molar-refractivity contribution in [3.63, 3.8) is 0 Å². The van der Waals surface area contributed by atoms with Gasteiger partial charge in [-0.1, -0.05) is 11.6 Å². The molecule has 170 valence electrons. The van der Waals surface area contributed by atoms with Crippen LogP contribution in [0.15, 0.2) is 73.2 Å². The lowest BCUT2D eigenvalue weighted by molar-refractivity contribution is 0.0993. The molecule has 3 aromatic heterocycles. The smallest absolute Gasteiger partial charge is 0.167 e. The van der Waals surface area contributed by atoms with Gasteiger partial charge in [0.1, 0.15) is 11.5 Å². The van der Waals surface area contributed by atoms with E-state index in [0.717, 1.165) is 39.5 Å². The number of Topliss-reactive ketones (excluding diaryl/α,β-unsaturated/α-hetero) is 1. The molecule has 0 aliphatic heterocycles. The third-order valence-corrected chi connectivity index (χ3v) is 5.89. The van der Waals surface area contributed by atoms with Gasteiger partial charge < -0.3 is 14.3 Å². The van der Waals surface area contributed by atoms with Crippen molar-refractivity contribution in [2.24, 2.45) is 0 Å². The largest absolute Gasteiger partial charge is 0.383 e.